The molecule has 1 unspecified atom stereocenters. The molecule has 0 aliphatic rings. The number of carbonyl (C=O) groups excluding carboxylic acids is 2. The molecule has 0 amide bonds. The van der Waals surface area contributed by atoms with Crippen molar-refractivity contribution in [1.82, 2.24) is 0 Å². The van der Waals surface area contributed by atoms with Crippen LogP contribution in [-0.2, 0) is 19.1 Å². The Hall–Kier alpha value is -1.10. The molecule has 44 heavy (non-hydrogen) atoms. The molecule has 0 radical (unpaired) electrons. The van der Waals surface area contributed by atoms with Crippen LogP contribution in [0.25, 0.3) is 0 Å². The predicted octanol–water partition coefficient (Wildman–Crippen LogP) is 12.0. The van der Waals surface area contributed by atoms with Gasteiger partial charge in [0.2, 0.25) is 0 Å². The van der Waals surface area contributed by atoms with Crippen LogP contribution in [0.15, 0.2) is 0 Å². The molecule has 5 nitrogen and oxygen atoms in total. The molecule has 0 aromatic rings. The van der Waals surface area contributed by atoms with E-state index in [0.29, 0.717) is 26.6 Å². The van der Waals surface area contributed by atoms with Crippen molar-refractivity contribution < 1.29 is 26.9 Å². The molecule has 0 saturated heterocycles. The molecule has 0 bridgehead atoms. The Morgan fingerprint density at radius 3 is 1.09 bits per heavy atom. The second-order valence-corrected chi connectivity index (χ2v) is 13.1. The van der Waals surface area contributed by atoms with Gasteiger partial charge in [0.05, 0.1) is 6.61 Å². The standard InChI is InChI=1S/C39H76O5/c1-3-5-7-9-11-13-15-17-19-21-23-25-27-29-31-33-38(41)43-36-37(35-40)44-39(42)34-32-30-28-26-24-22-20-18-16-14-12-10-8-6-4-2/h37,40H,3-36H2,1-2H3/i1D,2D. The Morgan fingerprint density at radius 2 is 0.773 bits per heavy atom. The van der Waals surface area contributed by atoms with Crippen molar-refractivity contribution in [2.45, 2.75) is 225 Å². The van der Waals surface area contributed by atoms with E-state index in [1.165, 1.54) is 141 Å². The SMILES string of the molecule is [2H]CCCCCCCCCCCCCCCCCC(=O)OCC(CO)OC(=O)CCCCCCCCCCCCCCCCC[2H]. The summed E-state index contributed by atoms with van der Waals surface area (Å²) in [6, 6.07) is 0. The molecule has 5 heteroatoms. The zero-order valence-electron chi connectivity index (χ0n) is 31.1. The normalized spacial score (nSPS) is 12.6. The highest BCUT2D eigenvalue weighted by Crippen LogP contribution is 2.15. The van der Waals surface area contributed by atoms with E-state index in [1.807, 2.05) is 0 Å². The number of hydrogen-bond acceptors (Lipinski definition) is 5. The zero-order chi connectivity index (χ0) is 33.6. The number of aliphatic hydroxyl groups is 1. The minimum absolute atomic E-state index is 0.0697. The average molecular weight is 627 g/mol. The van der Waals surface area contributed by atoms with Gasteiger partial charge in [-0.25, -0.2) is 0 Å². The lowest BCUT2D eigenvalue weighted by Gasteiger charge is -2.15. The first kappa shape index (κ1) is 39.1. The minimum atomic E-state index is -0.774. The van der Waals surface area contributed by atoms with Crippen LogP contribution in [0, 0.1) is 0 Å². The first-order valence-corrected chi connectivity index (χ1v) is 19.2. The summed E-state index contributed by atoms with van der Waals surface area (Å²) in [5.74, 6) is -0.600. The summed E-state index contributed by atoms with van der Waals surface area (Å²) >= 11 is 0. The third kappa shape index (κ3) is 33.8. The Morgan fingerprint density at radius 1 is 0.477 bits per heavy atom. The largest absolute Gasteiger partial charge is 0.462 e. The molecule has 262 valence electrons. The van der Waals surface area contributed by atoms with E-state index < -0.39 is 6.10 Å². The van der Waals surface area contributed by atoms with Gasteiger partial charge in [-0.05, 0) is 12.8 Å². The highest BCUT2D eigenvalue weighted by atomic mass is 16.6. The summed E-state index contributed by atoms with van der Waals surface area (Å²) in [6.07, 6.45) is 36.8. The fourth-order valence-electron chi connectivity index (χ4n) is 5.76. The summed E-state index contributed by atoms with van der Waals surface area (Å²) in [7, 11) is 0. The molecule has 0 aromatic carbocycles. The van der Waals surface area contributed by atoms with Crippen LogP contribution in [0.1, 0.15) is 222 Å². The molecule has 0 fully saturated rings. The minimum Gasteiger partial charge on any atom is -0.462 e. The first-order chi connectivity index (χ1) is 22.6. The average Bonchev–Trinajstić information content (AvgIpc) is 3.06. The first-order valence-electron chi connectivity index (χ1n) is 20.6. The maximum Gasteiger partial charge on any atom is 0.306 e. The Balaban J connectivity index is 3.48. The van der Waals surface area contributed by atoms with Gasteiger partial charge < -0.3 is 14.6 Å². The smallest absolute Gasteiger partial charge is 0.306 e. The maximum absolute atomic E-state index is 12.2. The fourth-order valence-corrected chi connectivity index (χ4v) is 5.76. The molecule has 0 aliphatic heterocycles. The quantitative estimate of drug-likeness (QED) is 0.0553. The van der Waals surface area contributed by atoms with Crippen molar-refractivity contribution in [3.05, 3.63) is 0 Å². The van der Waals surface area contributed by atoms with Gasteiger partial charge in [0.15, 0.2) is 6.10 Å². The van der Waals surface area contributed by atoms with E-state index in [2.05, 4.69) is 0 Å². The van der Waals surface area contributed by atoms with Crippen molar-refractivity contribution >= 4 is 11.9 Å². The van der Waals surface area contributed by atoms with Gasteiger partial charge in [-0.2, -0.15) is 0 Å². The summed E-state index contributed by atoms with van der Waals surface area (Å²) in [6.45, 7) is 0.754. The van der Waals surface area contributed by atoms with Crippen LogP contribution in [-0.4, -0.2) is 36.4 Å². The van der Waals surface area contributed by atoms with Crippen LogP contribution in [0.2, 0.25) is 0 Å². The Bertz CT molecular complexity index is 634. The molecule has 0 rings (SSSR count). The van der Waals surface area contributed by atoms with Gasteiger partial charge in [-0.15, -0.1) is 0 Å². The van der Waals surface area contributed by atoms with Crippen molar-refractivity contribution in [2.24, 2.45) is 0 Å². The lowest BCUT2D eigenvalue weighted by Crippen LogP contribution is -2.28. The topological polar surface area (TPSA) is 72.8 Å². The van der Waals surface area contributed by atoms with Gasteiger partial charge >= 0.3 is 11.9 Å². The summed E-state index contributed by atoms with van der Waals surface area (Å²) in [5.41, 5.74) is 0. The number of unbranched alkanes of at least 4 members (excludes halogenated alkanes) is 28. The number of ether oxygens (including phenoxy) is 2. The van der Waals surface area contributed by atoms with E-state index in [9.17, 15) is 14.7 Å². The molecular formula is C39H76O5. The van der Waals surface area contributed by atoms with Crippen LogP contribution in [0.5, 0.6) is 0 Å². The number of esters is 2. The highest BCUT2D eigenvalue weighted by Gasteiger charge is 2.16. The van der Waals surface area contributed by atoms with Crippen LogP contribution in [0.3, 0.4) is 0 Å². The maximum atomic E-state index is 12.2. The lowest BCUT2D eigenvalue weighted by atomic mass is 10.0. The van der Waals surface area contributed by atoms with Gasteiger partial charge in [-0.1, -0.05) is 194 Å². The monoisotopic (exact) mass is 627 g/mol. The Kier molecular flexibility index (Phi) is 32.3. The van der Waals surface area contributed by atoms with Gasteiger partial charge in [0.25, 0.3) is 0 Å². The molecule has 0 spiro atoms. The highest BCUT2D eigenvalue weighted by molar-refractivity contribution is 5.70. The molecule has 1 N–H and O–H groups in total. The van der Waals surface area contributed by atoms with Crippen molar-refractivity contribution in [3.63, 3.8) is 0 Å². The predicted molar refractivity (Wildman–Crippen MR) is 187 cm³/mol. The van der Waals surface area contributed by atoms with Crippen LogP contribution >= 0.6 is 0 Å². The Labute approximate surface area is 277 Å². The third-order valence-electron chi connectivity index (χ3n) is 8.69. The van der Waals surface area contributed by atoms with Crippen LogP contribution in [0.4, 0.5) is 0 Å². The molecule has 0 heterocycles. The van der Waals surface area contributed by atoms with E-state index in [-0.39, 0.29) is 25.2 Å². The van der Waals surface area contributed by atoms with Crippen LogP contribution < -0.4 is 0 Å². The molecule has 0 aliphatic carbocycles. The molecule has 1 atom stereocenters. The van der Waals surface area contributed by atoms with Gasteiger partial charge in [0.1, 0.15) is 6.61 Å². The van der Waals surface area contributed by atoms with E-state index in [4.69, 9.17) is 12.2 Å². The molecule has 0 saturated carbocycles. The second kappa shape index (κ2) is 36.4. The van der Waals surface area contributed by atoms with Gasteiger partial charge in [0, 0.05) is 15.6 Å². The summed E-state index contributed by atoms with van der Waals surface area (Å²) < 4.78 is 24.9. The lowest BCUT2D eigenvalue weighted by molar-refractivity contribution is -0.161. The number of hydrogen-bond donors (Lipinski definition) is 1. The number of aliphatic hydroxyl groups excluding tert-OH is 1. The molecular weight excluding hydrogens is 548 g/mol. The van der Waals surface area contributed by atoms with Crippen molar-refractivity contribution in [3.8, 4) is 0 Å². The zero-order valence-corrected chi connectivity index (χ0v) is 29.1. The number of carbonyl (C=O) groups is 2. The van der Waals surface area contributed by atoms with E-state index in [1.54, 1.807) is 0 Å². The van der Waals surface area contributed by atoms with Crippen molar-refractivity contribution in [2.75, 3.05) is 13.2 Å². The second-order valence-electron chi connectivity index (χ2n) is 13.1. The molecule has 0 aromatic heterocycles. The summed E-state index contributed by atoms with van der Waals surface area (Å²) in [4.78, 5) is 24.2. The fraction of sp³-hybridized carbons (Fsp3) is 0.949. The third-order valence-corrected chi connectivity index (χ3v) is 8.69. The van der Waals surface area contributed by atoms with Crippen molar-refractivity contribution in [1.29, 1.82) is 0 Å². The number of rotatable bonds is 36. The van der Waals surface area contributed by atoms with Gasteiger partial charge in [-0.3, -0.25) is 9.59 Å². The summed E-state index contributed by atoms with van der Waals surface area (Å²) in [5, 5.41) is 9.55. The van der Waals surface area contributed by atoms with E-state index >= 15 is 0 Å². The van der Waals surface area contributed by atoms with E-state index in [0.717, 1.165) is 51.4 Å².